The molecular weight excluding hydrogens is 360 g/mol. The minimum absolute atomic E-state index is 0.0161. The predicted molar refractivity (Wildman–Crippen MR) is 106 cm³/mol. The van der Waals surface area contributed by atoms with Gasteiger partial charge < -0.3 is 28.4 Å². The van der Waals surface area contributed by atoms with E-state index in [1.807, 2.05) is 30.3 Å². The molecular formula is C22H28O6. The van der Waals surface area contributed by atoms with Gasteiger partial charge in [0.15, 0.2) is 23.0 Å². The Morgan fingerprint density at radius 2 is 1.18 bits per heavy atom. The van der Waals surface area contributed by atoms with Crippen molar-refractivity contribution in [3.63, 3.8) is 0 Å². The molecule has 28 heavy (non-hydrogen) atoms. The Kier molecular flexibility index (Phi) is 6.52. The van der Waals surface area contributed by atoms with Gasteiger partial charge in [-0.1, -0.05) is 6.07 Å². The van der Waals surface area contributed by atoms with Gasteiger partial charge in [-0.05, 0) is 54.7 Å². The maximum atomic E-state index is 6.46. The van der Waals surface area contributed by atoms with Crippen LogP contribution in [0.2, 0.25) is 0 Å². The van der Waals surface area contributed by atoms with Crippen molar-refractivity contribution in [2.45, 2.75) is 31.5 Å². The standard InChI is InChI=1S/C22H28O6/c1-23-18-10-9-14(11-19(18)24-2)16-7-6-8-17(28-16)15-12-20(25-3)22(27-5)21(13-15)26-4/h9-13,16-17H,6-8H2,1-5H3. The van der Waals surface area contributed by atoms with Gasteiger partial charge in [0.1, 0.15) is 0 Å². The number of ether oxygens (including phenoxy) is 6. The summed E-state index contributed by atoms with van der Waals surface area (Å²) in [4.78, 5) is 0. The van der Waals surface area contributed by atoms with Crippen LogP contribution in [0, 0.1) is 0 Å². The molecule has 0 radical (unpaired) electrons. The average Bonchev–Trinajstić information content (AvgIpc) is 2.77. The number of hydrogen-bond acceptors (Lipinski definition) is 6. The highest BCUT2D eigenvalue weighted by Gasteiger charge is 2.27. The molecule has 0 aliphatic carbocycles. The SMILES string of the molecule is COc1ccc(C2CCCC(c3cc(OC)c(OC)c(OC)c3)O2)cc1OC. The van der Waals surface area contributed by atoms with E-state index in [9.17, 15) is 0 Å². The van der Waals surface area contributed by atoms with Gasteiger partial charge in [0.2, 0.25) is 5.75 Å². The third-order valence-corrected chi connectivity index (χ3v) is 5.10. The molecule has 1 aliphatic rings. The zero-order valence-corrected chi connectivity index (χ0v) is 17.1. The molecule has 2 unspecified atom stereocenters. The third-order valence-electron chi connectivity index (χ3n) is 5.10. The van der Waals surface area contributed by atoms with Crippen molar-refractivity contribution in [3.05, 3.63) is 41.5 Å². The van der Waals surface area contributed by atoms with Gasteiger partial charge in [-0.2, -0.15) is 0 Å². The highest BCUT2D eigenvalue weighted by molar-refractivity contribution is 5.54. The lowest BCUT2D eigenvalue weighted by atomic mass is 9.94. The lowest BCUT2D eigenvalue weighted by molar-refractivity contribution is -0.0537. The van der Waals surface area contributed by atoms with E-state index in [2.05, 4.69) is 0 Å². The summed E-state index contributed by atoms with van der Waals surface area (Å²) in [6, 6.07) is 9.86. The molecule has 1 fully saturated rings. The summed E-state index contributed by atoms with van der Waals surface area (Å²) in [5.41, 5.74) is 2.09. The van der Waals surface area contributed by atoms with Gasteiger partial charge >= 0.3 is 0 Å². The fourth-order valence-electron chi connectivity index (χ4n) is 3.65. The fourth-order valence-corrected chi connectivity index (χ4v) is 3.65. The third kappa shape index (κ3) is 3.97. The molecule has 6 nitrogen and oxygen atoms in total. The van der Waals surface area contributed by atoms with E-state index in [-0.39, 0.29) is 12.2 Å². The van der Waals surface area contributed by atoms with Crippen LogP contribution < -0.4 is 23.7 Å². The molecule has 2 aromatic rings. The van der Waals surface area contributed by atoms with Crippen molar-refractivity contribution >= 4 is 0 Å². The second-order valence-corrected chi connectivity index (χ2v) is 6.62. The van der Waals surface area contributed by atoms with E-state index < -0.39 is 0 Å². The minimum atomic E-state index is -0.0550. The molecule has 0 amide bonds. The summed E-state index contributed by atoms with van der Waals surface area (Å²) in [7, 11) is 8.12. The van der Waals surface area contributed by atoms with Gasteiger partial charge in [-0.25, -0.2) is 0 Å². The van der Waals surface area contributed by atoms with Gasteiger partial charge in [0.25, 0.3) is 0 Å². The van der Waals surface area contributed by atoms with Crippen LogP contribution in [0.15, 0.2) is 30.3 Å². The van der Waals surface area contributed by atoms with Crippen molar-refractivity contribution in [3.8, 4) is 28.7 Å². The molecule has 2 aromatic carbocycles. The van der Waals surface area contributed by atoms with Crippen LogP contribution in [-0.2, 0) is 4.74 Å². The monoisotopic (exact) mass is 388 g/mol. The smallest absolute Gasteiger partial charge is 0.203 e. The number of benzene rings is 2. The lowest BCUT2D eigenvalue weighted by Gasteiger charge is -2.31. The van der Waals surface area contributed by atoms with Crippen LogP contribution in [-0.4, -0.2) is 35.5 Å². The molecule has 6 heteroatoms. The summed E-state index contributed by atoms with van der Waals surface area (Å²) in [6.45, 7) is 0. The van der Waals surface area contributed by atoms with Crippen LogP contribution in [0.5, 0.6) is 28.7 Å². The molecule has 0 bridgehead atoms. The molecule has 1 saturated heterocycles. The van der Waals surface area contributed by atoms with Gasteiger partial charge in [0, 0.05) is 0 Å². The van der Waals surface area contributed by atoms with Gasteiger partial charge in [-0.15, -0.1) is 0 Å². The van der Waals surface area contributed by atoms with Crippen molar-refractivity contribution in [1.29, 1.82) is 0 Å². The summed E-state index contributed by atoms with van der Waals surface area (Å²) in [6.07, 6.45) is 2.87. The topological polar surface area (TPSA) is 55.4 Å². The molecule has 1 heterocycles. The first kappa shape index (κ1) is 20.1. The molecule has 0 spiro atoms. The normalized spacial score (nSPS) is 19.0. The molecule has 1 aliphatic heterocycles. The quantitative estimate of drug-likeness (QED) is 0.685. The molecule has 2 atom stereocenters. The van der Waals surface area contributed by atoms with E-state index in [1.54, 1.807) is 35.5 Å². The maximum absolute atomic E-state index is 6.46. The number of methoxy groups -OCH3 is 5. The van der Waals surface area contributed by atoms with Crippen molar-refractivity contribution in [2.24, 2.45) is 0 Å². The van der Waals surface area contributed by atoms with E-state index in [4.69, 9.17) is 28.4 Å². The first-order valence-electron chi connectivity index (χ1n) is 9.32. The second kappa shape index (κ2) is 9.06. The van der Waals surface area contributed by atoms with E-state index in [0.717, 1.165) is 30.4 Å². The average molecular weight is 388 g/mol. The highest BCUT2D eigenvalue weighted by atomic mass is 16.5. The van der Waals surface area contributed by atoms with Crippen LogP contribution in [0.1, 0.15) is 42.6 Å². The van der Waals surface area contributed by atoms with Crippen molar-refractivity contribution in [1.82, 2.24) is 0 Å². The predicted octanol–water partition coefficient (Wildman–Crippen LogP) is 4.71. The van der Waals surface area contributed by atoms with E-state index >= 15 is 0 Å². The Labute approximate surface area is 166 Å². The Morgan fingerprint density at radius 3 is 1.71 bits per heavy atom. The molecule has 0 aromatic heterocycles. The first-order valence-corrected chi connectivity index (χ1v) is 9.32. The van der Waals surface area contributed by atoms with Crippen LogP contribution in [0.4, 0.5) is 0 Å². The van der Waals surface area contributed by atoms with E-state index in [0.29, 0.717) is 28.7 Å². The van der Waals surface area contributed by atoms with Crippen molar-refractivity contribution in [2.75, 3.05) is 35.5 Å². The van der Waals surface area contributed by atoms with Crippen LogP contribution in [0.3, 0.4) is 0 Å². The number of hydrogen-bond donors (Lipinski definition) is 0. The Bertz CT molecular complexity index is 779. The molecule has 0 saturated carbocycles. The second-order valence-electron chi connectivity index (χ2n) is 6.62. The fraction of sp³-hybridized carbons (Fsp3) is 0.455. The van der Waals surface area contributed by atoms with Crippen molar-refractivity contribution < 1.29 is 28.4 Å². The summed E-state index contributed by atoms with van der Waals surface area (Å²) in [5, 5.41) is 0. The van der Waals surface area contributed by atoms with E-state index in [1.165, 1.54) is 0 Å². The molecule has 3 rings (SSSR count). The van der Waals surface area contributed by atoms with Gasteiger partial charge in [0.05, 0.1) is 47.8 Å². The zero-order valence-electron chi connectivity index (χ0n) is 17.1. The Hall–Kier alpha value is -2.60. The largest absolute Gasteiger partial charge is 0.493 e. The lowest BCUT2D eigenvalue weighted by Crippen LogP contribution is -2.16. The maximum Gasteiger partial charge on any atom is 0.203 e. The van der Waals surface area contributed by atoms with Gasteiger partial charge in [-0.3, -0.25) is 0 Å². The summed E-state index contributed by atoms with van der Waals surface area (Å²) in [5.74, 6) is 3.27. The Morgan fingerprint density at radius 1 is 0.643 bits per heavy atom. The molecule has 0 N–H and O–H groups in total. The zero-order chi connectivity index (χ0) is 20.1. The summed E-state index contributed by atoms with van der Waals surface area (Å²) < 4.78 is 33.6. The minimum Gasteiger partial charge on any atom is -0.493 e. The Balaban J connectivity index is 1.87. The highest BCUT2D eigenvalue weighted by Crippen LogP contribution is 2.45. The van der Waals surface area contributed by atoms with Crippen LogP contribution in [0.25, 0.3) is 0 Å². The molecule has 152 valence electrons. The van der Waals surface area contributed by atoms with Crippen LogP contribution >= 0.6 is 0 Å². The first-order chi connectivity index (χ1) is 13.6. The number of rotatable bonds is 7. The summed E-state index contributed by atoms with van der Waals surface area (Å²) >= 11 is 0.